The number of rotatable bonds is 3. The summed E-state index contributed by atoms with van der Waals surface area (Å²) in [5.41, 5.74) is 0.0623. The molecule has 0 spiro atoms. The zero-order valence-electron chi connectivity index (χ0n) is 10.6. The Kier molecular flexibility index (Phi) is 4.47. The molecule has 1 aliphatic heterocycles. The molecule has 1 N–H and O–H groups in total. The fourth-order valence-electron chi connectivity index (χ4n) is 2.47. The summed E-state index contributed by atoms with van der Waals surface area (Å²) in [5, 5.41) is 9.25. The van der Waals surface area contributed by atoms with Crippen LogP contribution in [0.25, 0.3) is 0 Å². The Morgan fingerprint density at radius 2 is 2.16 bits per heavy atom. The lowest BCUT2D eigenvalue weighted by molar-refractivity contribution is -0.135. The minimum atomic E-state index is -0.964. The van der Waals surface area contributed by atoms with Gasteiger partial charge < -0.3 is 10.0 Å². The van der Waals surface area contributed by atoms with Crippen molar-refractivity contribution in [1.29, 1.82) is 0 Å². The number of carbonyl (C=O) groups is 1. The number of aliphatic hydroxyl groups is 1. The van der Waals surface area contributed by atoms with Crippen molar-refractivity contribution in [3.05, 3.63) is 35.4 Å². The van der Waals surface area contributed by atoms with Gasteiger partial charge >= 0.3 is 0 Å². The zero-order chi connectivity index (χ0) is 13.8. The molecule has 1 aromatic rings. The van der Waals surface area contributed by atoms with Crippen LogP contribution in [0, 0.1) is 11.6 Å². The highest BCUT2D eigenvalue weighted by Crippen LogP contribution is 2.19. The van der Waals surface area contributed by atoms with Crippen LogP contribution in [-0.4, -0.2) is 35.1 Å². The topological polar surface area (TPSA) is 40.5 Å². The third-order valence-corrected chi connectivity index (χ3v) is 3.53. The number of amides is 1. The number of nitrogens with zero attached hydrogens (tertiary/aromatic N) is 1. The van der Waals surface area contributed by atoms with Gasteiger partial charge in [-0.15, -0.1) is 0 Å². The highest BCUT2D eigenvalue weighted by molar-refractivity contribution is 5.79. The first-order chi connectivity index (χ1) is 9.13. The molecule has 1 aromatic carbocycles. The van der Waals surface area contributed by atoms with Gasteiger partial charge in [0.05, 0.1) is 19.1 Å². The molecule has 5 heteroatoms. The van der Waals surface area contributed by atoms with E-state index in [1.807, 2.05) is 0 Å². The monoisotopic (exact) mass is 269 g/mol. The third kappa shape index (κ3) is 3.10. The predicted octanol–water partition coefficient (Wildman–Crippen LogP) is 1.88. The second-order valence-electron chi connectivity index (χ2n) is 4.81. The SMILES string of the molecule is O=C(Cc1cccc(F)c1F)N1CCCCC1CO. The molecule has 1 amide bonds. The molecule has 1 saturated heterocycles. The molecule has 3 nitrogen and oxygen atoms in total. The maximum absolute atomic E-state index is 13.5. The van der Waals surface area contributed by atoms with Crippen LogP contribution in [0.3, 0.4) is 0 Å². The molecule has 1 atom stereocenters. The van der Waals surface area contributed by atoms with Crippen LogP contribution in [0.5, 0.6) is 0 Å². The average molecular weight is 269 g/mol. The van der Waals surface area contributed by atoms with Crippen LogP contribution in [0.15, 0.2) is 18.2 Å². The second kappa shape index (κ2) is 6.10. The lowest BCUT2D eigenvalue weighted by atomic mass is 10.0. The Labute approximate surface area is 110 Å². The first kappa shape index (κ1) is 13.9. The van der Waals surface area contributed by atoms with Gasteiger partial charge in [0.15, 0.2) is 11.6 Å². The summed E-state index contributed by atoms with van der Waals surface area (Å²) in [6, 6.07) is 3.63. The molecule has 19 heavy (non-hydrogen) atoms. The van der Waals surface area contributed by atoms with E-state index in [0.29, 0.717) is 6.54 Å². The molecular weight excluding hydrogens is 252 g/mol. The number of piperidine rings is 1. The summed E-state index contributed by atoms with van der Waals surface area (Å²) in [6.07, 6.45) is 2.45. The Morgan fingerprint density at radius 3 is 2.89 bits per heavy atom. The number of hydrogen-bond donors (Lipinski definition) is 1. The Hall–Kier alpha value is -1.49. The largest absolute Gasteiger partial charge is 0.394 e. The van der Waals surface area contributed by atoms with Crippen molar-refractivity contribution in [1.82, 2.24) is 4.90 Å². The van der Waals surface area contributed by atoms with Gasteiger partial charge in [-0.3, -0.25) is 4.79 Å². The molecule has 0 saturated carbocycles. The Balaban J connectivity index is 2.09. The summed E-state index contributed by atoms with van der Waals surface area (Å²) < 4.78 is 26.6. The number of hydrogen-bond acceptors (Lipinski definition) is 2. The summed E-state index contributed by atoms with van der Waals surface area (Å²) in [4.78, 5) is 13.7. The first-order valence-electron chi connectivity index (χ1n) is 6.46. The minimum absolute atomic E-state index is 0.0623. The van der Waals surface area contributed by atoms with Crippen molar-refractivity contribution in [2.45, 2.75) is 31.7 Å². The molecule has 0 bridgehead atoms. The molecule has 0 aliphatic carbocycles. The quantitative estimate of drug-likeness (QED) is 0.910. The smallest absolute Gasteiger partial charge is 0.227 e. The third-order valence-electron chi connectivity index (χ3n) is 3.53. The van der Waals surface area contributed by atoms with E-state index in [9.17, 15) is 18.7 Å². The maximum Gasteiger partial charge on any atom is 0.227 e. The Bertz CT molecular complexity index is 465. The summed E-state index contributed by atoms with van der Waals surface area (Å²) in [5.74, 6) is -2.17. The van der Waals surface area contributed by atoms with Gasteiger partial charge in [0, 0.05) is 12.1 Å². The van der Waals surface area contributed by atoms with Crippen molar-refractivity contribution in [3.63, 3.8) is 0 Å². The summed E-state index contributed by atoms with van der Waals surface area (Å²) in [6.45, 7) is 0.484. The molecule has 1 fully saturated rings. The van der Waals surface area contributed by atoms with E-state index in [4.69, 9.17) is 0 Å². The van der Waals surface area contributed by atoms with E-state index in [0.717, 1.165) is 25.3 Å². The van der Waals surface area contributed by atoms with E-state index in [-0.39, 0.29) is 30.5 Å². The number of likely N-dealkylation sites (tertiary alicyclic amines) is 1. The zero-order valence-corrected chi connectivity index (χ0v) is 10.6. The summed E-state index contributed by atoms with van der Waals surface area (Å²) in [7, 11) is 0. The Morgan fingerprint density at radius 1 is 1.37 bits per heavy atom. The van der Waals surface area contributed by atoms with Gasteiger partial charge in [-0.2, -0.15) is 0 Å². The maximum atomic E-state index is 13.5. The van der Waals surface area contributed by atoms with Crippen molar-refractivity contribution in [2.24, 2.45) is 0 Å². The van der Waals surface area contributed by atoms with Crippen LogP contribution >= 0.6 is 0 Å². The first-order valence-corrected chi connectivity index (χ1v) is 6.46. The second-order valence-corrected chi connectivity index (χ2v) is 4.81. The van der Waals surface area contributed by atoms with Gasteiger partial charge in [0.1, 0.15) is 0 Å². The van der Waals surface area contributed by atoms with E-state index >= 15 is 0 Å². The highest BCUT2D eigenvalue weighted by atomic mass is 19.2. The van der Waals surface area contributed by atoms with Crippen LogP contribution in [0.1, 0.15) is 24.8 Å². The number of aliphatic hydroxyl groups excluding tert-OH is 1. The van der Waals surface area contributed by atoms with Crippen molar-refractivity contribution in [2.75, 3.05) is 13.2 Å². The molecule has 2 rings (SSSR count). The van der Waals surface area contributed by atoms with Crippen molar-refractivity contribution >= 4 is 5.91 Å². The molecule has 0 radical (unpaired) electrons. The van der Waals surface area contributed by atoms with Crippen LogP contribution in [0.2, 0.25) is 0 Å². The van der Waals surface area contributed by atoms with Gasteiger partial charge in [-0.25, -0.2) is 8.78 Å². The molecule has 1 heterocycles. The minimum Gasteiger partial charge on any atom is -0.394 e. The number of benzene rings is 1. The fourth-order valence-corrected chi connectivity index (χ4v) is 2.47. The van der Waals surface area contributed by atoms with E-state index in [1.54, 1.807) is 4.90 Å². The van der Waals surface area contributed by atoms with Crippen LogP contribution < -0.4 is 0 Å². The predicted molar refractivity (Wildman–Crippen MR) is 66.5 cm³/mol. The van der Waals surface area contributed by atoms with Gasteiger partial charge in [-0.05, 0) is 25.3 Å². The molecule has 1 aliphatic rings. The average Bonchev–Trinajstić information content (AvgIpc) is 2.43. The molecular formula is C14H17F2NO2. The van der Waals surface area contributed by atoms with E-state index < -0.39 is 11.6 Å². The molecule has 104 valence electrons. The lowest BCUT2D eigenvalue weighted by Crippen LogP contribution is -2.46. The fraction of sp³-hybridized carbons (Fsp3) is 0.500. The molecule has 1 unspecified atom stereocenters. The van der Waals surface area contributed by atoms with E-state index in [1.165, 1.54) is 12.1 Å². The normalized spacial score (nSPS) is 19.5. The van der Waals surface area contributed by atoms with Gasteiger partial charge in [-0.1, -0.05) is 12.1 Å². The lowest BCUT2D eigenvalue weighted by Gasteiger charge is -2.34. The number of carbonyl (C=O) groups excluding carboxylic acids is 1. The van der Waals surface area contributed by atoms with Crippen LogP contribution in [0.4, 0.5) is 8.78 Å². The van der Waals surface area contributed by atoms with Gasteiger partial charge in [0.25, 0.3) is 0 Å². The highest BCUT2D eigenvalue weighted by Gasteiger charge is 2.26. The van der Waals surface area contributed by atoms with E-state index in [2.05, 4.69) is 0 Å². The van der Waals surface area contributed by atoms with Crippen molar-refractivity contribution in [3.8, 4) is 0 Å². The summed E-state index contributed by atoms with van der Waals surface area (Å²) >= 11 is 0. The van der Waals surface area contributed by atoms with Crippen molar-refractivity contribution < 1.29 is 18.7 Å². The van der Waals surface area contributed by atoms with Gasteiger partial charge in [0.2, 0.25) is 5.91 Å². The molecule has 0 aromatic heterocycles. The number of halogens is 2. The standard InChI is InChI=1S/C14H17F2NO2/c15-12-6-3-4-10(14(12)16)8-13(19)17-7-2-1-5-11(17)9-18/h3-4,6,11,18H,1-2,5,7-9H2. The van der Waals surface area contributed by atoms with Crippen LogP contribution in [-0.2, 0) is 11.2 Å².